The van der Waals surface area contributed by atoms with Crippen molar-refractivity contribution in [1.29, 1.82) is 0 Å². The molecule has 0 bridgehead atoms. The molecule has 3 rings (SSSR count). The molecule has 27 heteroatoms. The second kappa shape index (κ2) is 28.9. The van der Waals surface area contributed by atoms with Crippen LogP contribution in [0.2, 0.25) is 0 Å². The number of rotatable bonds is 31. The van der Waals surface area contributed by atoms with Gasteiger partial charge in [0.15, 0.2) is 5.96 Å². The topological polar surface area (TPSA) is 471 Å². The highest BCUT2D eigenvalue weighted by Gasteiger charge is 2.39. The molecular formula is C44H69N15O12. The Balaban J connectivity index is 1.75. The molecule has 392 valence electrons. The number of carbonyl (C=O) groups is 10. The molecule has 1 aromatic carbocycles. The number of carboxylic acids is 1. The summed E-state index contributed by atoms with van der Waals surface area (Å²) in [5.41, 5.74) is 34.3. The van der Waals surface area contributed by atoms with Crippen LogP contribution >= 0.6 is 0 Å². The van der Waals surface area contributed by atoms with Gasteiger partial charge >= 0.3 is 5.97 Å². The summed E-state index contributed by atoms with van der Waals surface area (Å²) in [7, 11) is 0. The average Bonchev–Trinajstić information content (AvgIpc) is 3.99. The average molecular weight is 1000 g/mol. The third-order valence-electron chi connectivity index (χ3n) is 11.6. The predicted molar refractivity (Wildman–Crippen MR) is 256 cm³/mol. The number of aliphatic carboxylic acids is 1. The number of para-hydroxylation sites is 1. The Labute approximate surface area is 409 Å². The van der Waals surface area contributed by atoms with E-state index >= 15 is 0 Å². The molecular weight excluding hydrogens is 931 g/mol. The lowest BCUT2D eigenvalue weighted by molar-refractivity contribution is -0.144. The Kier molecular flexibility index (Phi) is 23.6. The number of nitrogens with two attached hydrogens (primary N) is 6. The number of benzene rings is 1. The molecule has 2 heterocycles. The van der Waals surface area contributed by atoms with Crippen LogP contribution in [0.3, 0.4) is 0 Å². The molecule has 0 unspecified atom stereocenters. The van der Waals surface area contributed by atoms with E-state index in [0.29, 0.717) is 24.8 Å². The summed E-state index contributed by atoms with van der Waals surface area (Å²) < 4.78 is 0. The maximum Gasteiger partial charge on any atom is 0.326 e. The number of carbonyl (C=O) groups excluding carboxylic acids is 9. The lowest BCUT2D eigenvalue weighted by Crippen LogP contribution is -2.60. The summed E-state index contributed by atoms with van der Waals surface area (Å²) in [6.45, 7) is 0.755. The number of hydrogen-bond donors (Lipinski definition) is 15. The molecule has 1 aliphatic rings. The van der Waals surface area contributed by atoms with Crippen molar-refractivity contribution >= 4 is 76.0 Å². The second-order valence-corrected chi connectivity index (χ2v) is 17.2. The van der Waals surface area contributed by atoms with Crippen LogP contribution in [0.5, 0.6) is 0 Å². The molecule has 1 saturated heterocycles. The first-order chi connectivity index (χ1) is 33.7. The molecule has 71 heavy (non-hydrogen) atoms. The molecule has 0 spiro atoms. The summed E-state index contributed by atoms with van der Waals surface area (Å²) in [4.78, 5) is 138. The first-order valence-corrected chi connectivity index (χ1v) is 23.3. The van der Waals surface area contributed by atoms with Gasteiger partial charge in [0.1, 0.15) is 42.3 Å². The van der Waals surface area contributed by atoms with Crippen molar-refractivity contribution in [3.63, 3.8) is 0 Å². The number of likely N-dealkylation sites (tertiary alicyclic amines) is 1. The zero-order valence-corrected chi connectivity index (χ0v) is 39.7. The first-order valence-electron chi connectivity index (χ1n) is 23.3. The number of guanidine groups is 1. The van der Waals surface area contributed by atoms with Gasteiger partial charge in [-0.25, -0.2) is 4.79 Å². The number of primary amides is 2. The minimum absolute atomic E-state index is 0.00157. The minimum Gasteiger partial charge on any atom is -0.480 e. The Hall–Kier alpha value is -7.39. The summed E-state index contributed by atoms with van der Waals surface area (Å²) in [5.74, 6) is -9.13. The number of carboxylic acid groups (broad SMARTS) is 1. The Morgan fingerprint density at radius 1 is 0.732 bits per heavy atom. The van der Waals surface area contributed by atoms with Gasteiger partial charge in [-0.2, -0.15) is 0 Å². The number of H-pyrrole nitrogens is 1. The van der Waals surface area contributed by atoms with Crippen LogP contribution in [0.4, 0.5) is 0 Å². The van der Waals surface area contributed by atoms with Gasteiger partial charge in [-0.3, -0.25) is 48.1 Å². The van der Waals surface area contributed by atoms with Gasteiger partial charge in [-0.1, -0.05) is 18.2 Å². The van der Waals surface area contributed by atoms with Crippen molar-refractivity contribution in [2.75, 3.05) is 26.2 Å². The van der Waals surface area contributed by atoms with Crippen LogP contribution in [-0.2, 0) is 54.4 Å². The highest BCUT2D eigenvalue weighted by Crippen LogP contribution is 2.22. The fraction of sp³-hybridized carbons (Fsp3) is 0.568. The number of aromatic nitrogens is 1. The third-order valence-corrected chi connectivity index (χ3v) is 11.6. The van der Waals surface area contributed by atoms with E-state index < -0.39 is 120 Å². The number of fused-ring (bicyclic) bond motifs is 1. The number of amides is 9. The van der Waals surface area contributed by atoms with E-state index in [2.05, 4.69) is 41.9 Å². The van der Waals surface area contributed by atoms with Gasteiger partial charge in [0.25, 0.3) is 0 Å². The van der Waals surface area contributed by atoms with Crippen LogP contribution in [0, 0.1) is 0 Å². The van der Waals surface area contributed by atoms with Crippen LogP contribution in [-0.4, -0.2) is 160 Å². The first kappa shape index (κ1) is 57.9. The van der Waals surface area contributed by atoms with Crippen LogP contribution in [0.15, 0.2) is 35.5 Å². The van der Waals surface area contributed by atoms with E-state index in [0.717, 1.165) is 10.9 Å². The lowest BCUT2D eigenvalue weighted by Gasteiger charge is -2.29. The van der Waals surface area contributed by atoms with Crippen molar-refractivity contribution in [3.8, 4) is 0 Å². The van der Waals surface area contributed by atoms with Gasteiger partial charge < -0.3 is 86.4 Å². The number of unbranched alkanes of at least 4 members (excludes halogenated alkanes) is 1. The number of aromatic amines is 1. The summed E-state index contributed by atoms with van der Waals surface area (Å²) in [5, 5.41) is 35.9. The molecule has 0 aliphatic carbocycles. The van der Waals surface area contributed by atoms with Gasteiger partial charge in [-0.05, 0) is 82.9 Å². The number of nitrogens with one attached hydrogen (secondary N) is 7. The van der Waals surface area contributed by atoms with E-state index in [1.54, 1.807) is 12.3 Å². The molecule has 0 saturated carbocycles. The number of aliphatic imine (C=N–C) groups is 1. The highest BCUT2D eigenvalue weighted by atomic mass is 16.4. The predicted octanol–water partition coefficient (Wildman–Crippen LogP) is -5.25. The zero-order valence-electron chi connectivity index (χ0n) is 39.7. The fourth-order valence-corrected chi connectivity index (χ4v) is 7.72. The van der Waals surface area contributed by atoms with E-state index in [1.165, 1.54) is 11.8 Å². The van der Waals surface area contributed by atoms with Crippen molar-refractivity contribution in [3.05, 3.63) is 36.0 Å². The fourth-order valence-electron chi connectivity index (χ4n) is 7.72. The molecule has 1 fully saturated rings. The van der Waals surface area contributed by atoms with Crippen molar-refractivity contribution in [2.24, 2.45) is 39.4 Å². The number of aliphatic hydroxyl groups is 1. The van der Waals surface area contributed by atoms with Crippen molar-refractivity contribution in [1.82, 2.24) is 41.8 Å². The van der Waals surface area contributed by atoms with Gasteiger partial charge in [0.2, 0.25) is 53.2 Å². The molecule has 0 radical (unpaired) electrons. The largest absolute Gasteiger partial charge is 0.480 e. The third kappa shape index (κ3) is 18.8. The SMILES string of the molecule is C[C@H](NC(=O)[C@H](CCCCN)NC(=O)[C@H](CCCN=C(N)N)NC(=O)[C@H](CO)NC(=O)[C@H](CCC(N)=O)NC(=O)[C@@H](N)CCC(N)=O)C(=O)N1CCC[C@H]1C(=O)N[C@@H](Cc1c[nH]c2ccccc12)C(=O)O. The Bertz CT molecular complexity index is 2230. The number of hydrogen-bond acceptors (Lipinski definition) is 14. The number of aliphatic hydroxyl groups excluding tert-OH is 1. The molecule has 9 amide bonds. The van der Waals surface area contributed by atoms with E-state index in [9.17, 15) is 58.2 Å². The van der Waals surface area contributed by atoms with Crippen LogP contribution in [0.25, 0.3) is 10.9 Å². The second-order valence-electron chi connectivity index (χ2n) is 17.2. The lowest BCUT2D eigenvalue weighted by atomic mass is 10.0. The van der Waals surface area contributed by atoms with Crippen molar-refractivity contribution in [2.45, 2.75) is 132 Å². The maximum absolute atomic E-state index is 14.0. The quantitative estimate of drug-likeness (QED) is 0.0191. The molecule has 8 atom stereocenters. The molecule has 21 N–H and O–H groups in total. The molecule has 2 aromatic rings. The highest BCUT2D eigenvalue weighted by molar-refractivity contribution is 5.98. The standard InChI is InChI=1S/C44H69N15O12/c1-23(42(69)59-19-7-12-33(59)41(68)57-31(43(70)71)20-24-21-52-27-9-3-2-8-25(24)27)53-37(64)28(10-4-5-17-45)55-38(65)29(11-6-18-51-44(49)50)56-40(67)32(22-60)58-39(66)30(14-16-35(48)62)54-36(63)26(46)13-15-34(47)61/h2-3,8-9,21,23,26,28-33,52,60H,4-7,10-20,22,45-46H2,1H3,(H2,47,61)(H2,48,62)(H,53,64)(H,54,63)(H,55,65)(H,56,67)(H,57,68)(H,58,66)(H,70,71)(H4,49,50,51)/t23-,26-,28-,29-,30-,31-,32-,33-/m0/s1. The van der Waals surface area contributed by atoms with Gasteiger partial charge in [0, 0.05) is 49.5 Å². The molecule has 1 aliphatic heterocycles. The summed E-state index contributed by atoms with van der Waals surface area (Å²) in [6, 6.07) is -3.60. The minimum atomic E-state index is -1.74. The Morgan fingerprint density at radius 3 is 1.90 bits per heavy atom. The molecule has 27 nitrogen and oxygen atoms in total. The normalized spacial score (nSPS) is 16.2. The Morgan fingerprint density at radius 2 is 1.30 bits per heavy atom. The van der Waals surface area contributed by atoms with Crippen molar-refractivity contribution < 1.29 is 58.2 Å². The summed E-state index contributed by atoms with van der Waals surface area (Å²) >= 11 is 0. The van der Waals surface area contributed by atoms with E-state index in [-0.39, 0.29) is 77.0 Å². The van der Waals surface area contributed by atoms with E-state index in [1.807, 2.05) is 18.2 Å². The maximum atomic E-state index is 14.0. The smallest absolute Gasteiger partial charge is 0.326 e. The summed E-state index contributed by atoms with van der Waals surface area (Å²) in [6.07, 6.45) is 1.87. The van der Waals surface area contributed by atoms with Gasteiger partial charge in [-0.15, -0.1) is 0 Å². The zero-order chi connectivity index (χ0) is 52.8. The van der Waals surface area contributed by atoms with Gasteiger partial charge in [0.05, 0.1) is 12.6 Å². The number of nitrogens with zero attached hydrogens (tertiary/aromatic N) is 2. The monoisotopic (exact) mass is 1000 g/mol. The molecule has 1 aromatic heterocycles. The van der Waals surface area contributed by atoms with Crippen LogP contribution in [0.1, 0.15) is 83.1 Å². The van der Waals surface area contributed by atoms with E-state index in [4.69, 9.17) is 34.4 Å². The van der Waals surface area contributed by atoms with Crippen LogP contribution < -0.4 is 66.3 Å².